The van der Waals surface area contributed by atoms with Crippen LogP contribution in [0.1, 0.15) is 24.6 Å². The highest BCUT2D eigenvalue weighted by Gasteiger charge is 2.20. The molecule has 6 heteroatoms. The standard InChI is InChI=1S/C22H30N2O3S/c1-2-26-20-8-3-4-9-21(20)27-17-5-10-22(25)24-15-13-23(14-16-24)12-11-19-7-6-18-28-19/h3-4,6-9,18H,2,5,10-17H2,1H3. The van der Waals surface area contributed by atoms with E-state index in [1.165, 1.54) is 4.88 Å². The summed E-state index contributed by atoms with van der Waals surface area (Å²) in [4.78, 5) is 18.3. The maximum atomic E-state index is 12.5. The maximum Gasteiger partial charge on any atom is 0.222 e. The molecule has 0 aliphatic carbocycles. The average molecular weight is 403 g/mol. The van der Waals surface area contributed by atoms with E-state index in [2.05, 4.69) is 22.4 Å². The Labute approximate surface area is 171 Å². The molecule has 2 heterocycles. The molecule has 3 rings (SSSR count). The lowest BCUT2D eigenvalue weighted by molar-refractivity contribution is -0.133. The van der Waals surface area contributed by atoms with E-state index in [1.807, 2.05) is 47.4 Å². The summed E-state index contributed by atoms with van der Waals surface area (Å²) in [7, 11) is 0. The Balaban J connectivity index is 1.31. The highest BCUT2D eigenvalue weighted by atomic mass is 32.1. The summed E-state index contributed by atoms with van der Waals surface area (Å²) >= 11 is 1.82. The molecular weight excluding hydrogens is 372 g/mol. The van der Waals surface area contributed by atoms with Gasteiger partial charge >= 0.3 is 0 Å². The highest BCUT2D eigenvalue weighted by molar-refractivity contribution is 7.09. The molecule has 2 aromatic rings. The molecule has 1 amide bonds. The zero-order chi connectivity index (χ0) is 19.6. The van der Waals surface area contributed by atoms with Crippen LogP contribution in [0.25, 0.3) is 0 Å². The number of rotatable bonds is 10. The van der Waals surface area contributed by atoms with E-state index in [9.17, 15) is 4.79 Å². The van der Waals surface area contributed by atoms with Gasteiger partial charge in [-0.2, -0.15) is 0 Å². The number of thiophene rings is 1. The monoisotopic (exact) mass is 402 g/mol. The van der Waals surface area contributed by atoms with Crippen LogP contribution in [0.15, 0.2) is 41.8 Å². The summed E-state index contributed by atoms with van der Waals surface area (Å²) in [6, 6.07) is 12.0. The first-order valence-corrected chi connectivity index (χ1v) is 11.0. The number of benzene rings is 1. The second-order valence-electron chi connectivity index (χ2n) is 6.88. The van der Waals surface area contributed by atoms with Crippen LogP contribution in [0.5, 0.6) is 11.5 Å². The zero-order valence-corrected chi connectivity index (χ0v) is 17.5. The van der Waals surface area contributed by atoms with Crippen LogP contribution in [-0.2, 0) is 11.2 Å². The molecule has 0 atom stereocenters. The average Bonchev–Trinajstić information content (AvgIpc) is 3.25. The van der Waals surface area contributed by atoms with Gasteiger partial charge in [0, 0.05) is 44.0 Å². The van der Waals surface area contributed by atoms with Gasteiger partial charge in [-0.15, -0.1) is 11.3 Å². The Hall–Kier alpha value is -2.05. The lowest BCUT2D eigenvalue weighted by atomic mass is 10.2. The van der Waals surface area contributed by atoms with E-state index in [4.69, 9.17) is 9.47 Å². The fourth-order valence-corrected chi connectivity index (χ4v) is 4.05. The Morgan fingerprint density at radius 1 is 1.04 bits per heavy atom. The number of ether oxygens (including phenoxy) is 2. The Morgan fingerprint density at radius 3 is 2.46 bits per heavy atom. The number of amides is 1. The molecule has 0 unspecified atom stereocenters. The van der Waals surface area contributed by atoms with Gasteiger partial charge in [-0.25, -0.2) is 0 Å². The summed E-state index contributed by atoms with van der Waals surface area (Å²) in [6.45, 7) is 7.76. The number of piperazine rings is 1. The van der Waals surface area contributed by atoms with Crippen LogP contribution >= 0.6 is 11.3 Å². The summed E-state index contributed by atoms with van der Waals surface area (Å²) in [5.41, 5.74) is 0. The van der Waals surface area contributed by atoms with Gasteiger partial charge in [0.25, 0.3) is 0 Å². The molecule has 1 aromatic heterocycles. The topological polar surface area (TPSA) is 42.0 Å². The van der Waals surface area contributed by atoms with Crippen LogP contribution in [-0.4, -0.2) is 61.6 Å². The third-order valence-electron chi connectivity index (χ3n) is 4.92. The van der Waals surface area contributed by atoms with Crippen molar-refractivity contribution < 1.29 is 14.3 Å². The van der Waals surface area contributed by atoms with Crippen molar-refractivity contribution in [2.45, 2.75) is 26.2 Å². The lowest BCUT2D eigenvalue weighted by Crippen LogP contribution is -2.49. The van der Waals surface area contributed by atoms with Crippen molar-refractivity contribution in [1.29, 1.82) is 0 Å². The van der Waals surface area contributed by atoms with Gasteiger partial charge in [0.05, 0.1) is 13.2 Å². The maximum absolute atomic E-state index is 12.5. The van der Waals surface area contributed by atoms with Gasteiger partial charge in [0.15, 0.2) is 11.5 Å². The van der Waals surface area contributed by atoms with Crippen molar-refractivity contribution >= 4 is 17.2 Å². The summed E-state index contributed by atoms with van der Waals surface area (Å²) < 4.78 is 11.4. The van der Waals surface area contributed by atoms with Gasteiger partial charge in [-0.3, -0.25) is 9.69 Å². The van der Waals surface area contributed by atoms with Crippen molar-refractivity contribution in [1.82, 2.24) is 9.80 Å². The van der Waals surface area contributed by atoms with Gasteiger partial charge in [0.1, 0.15) is 0 Å². The first kappa shape index (κ1) is 20.7. The number of carbonyl (C=O) groups is 1. The summed E-state index contributed by atoms with van der Waals surface area (Å²) in [6.07, 6.45) is 2.36. The van der Waals surface area contributed by atoms with E-state index in [1.54, 1.807) is 0 Å². The van der Waals surface area contributed by atoms with Crippen molar-refractivity contribution in [2.24, 2.45) is 0 Å². The third-order valence-corrected chi connectivity index (χ3v) is 5.86. The van der Waals surface area contributed by atoms with Gasteiger partial charge in [0.2, 0.25) is 5.91 Å². The minimum atomic E-state index is 0.236. The van der Waals surface area contributed by atoms with E-state index in [0.29, 0.717) is 19.6 Å². The molecule has 0 N–H and O–H groups in total. The predicted octanol–water partition coefficient (Wildman–Crippen LogP) is 3.69. The van der Waals surface area contributed by atoms with Crippen molar-refractivity contribution in [2.75, 3.05) is 45.9 Å². The molecule has 0 spiro atoms. The largest absolute Gasteiger partial charge is 0.490 e. The third kappa shape index (κ3) is 6.24. The molecular formula is C22H30N2O3S. The molecule has 5 nitrogen and oxygen atoms in total. The molecule has 1 aliphatic rings. The SMILES string of the molecule is CCOc1ccccc1OCCCC(=O)N1CCN(CCc2cccs2)CC1. The normalized spacial score (nSPS) is 14.8. The first-order valence-electron chi connectivity index (χ1n) is 10.1. The van der Waals surface area contributed by atoms with E-state index in [0.717, 1.165) is 57.1 Å². The van der Waals surface area contributed by atoms with Crippen LogP contribution < -0.4 is 9.47 Å². The number of hydrogen-bond acceptors (Lipinski definition) is 5. The van der Waals surface area contributed by atoms with E-state index in [-0.39, 0.29) is 5.91 Å². The minimum absolute atomic E-state index is 0.236. The van der Waals surface area contributed by atoms with Crippen molar-refractivity contribution in [3.05, 3.63) is 46.7 Å². The molecule has 0 radical (unpaired) electrons. The number of hydrogen-bond donors (Lipinski definition) is 0. The van der Waals surface area contributed by atoms with E-state index < -0.39 is 0 Å². The quantitative estimate of drug-likeness (QED) is 0.569. The Bertz CT molecular complexity index is 712. The van der Waals surface area contributed by atoms with Crippen LogP contribution in [0.3, 0.4) is 0 Å². The molecule has 1 fully saturated rings. The molecule has 0 bridgehead atoms. The van der Waals surface area contributed by atoms with Crippen LogP contribution in [0, 0.1) is 0 Å². The summed E-state index contributed by atoms with van der Waals surface area (Å²) in [5.74, 6) is 1.74. The van der Waals surface area contributed by atoms with Gasteiger partial charge < -0.3 is 14.4 Å². The van der Waals surface area contributed by atoms with Crippen LogP contribution in [0.4, 0.5) is 0 Å². The van der Waals surface area contributed by atoms with Gasteiger partial charge in [-0.05, 0) is 43.3 Å². The van der Waals surface area contributed by atoms with Crippen LogP contribution in [0.2, 0.25) is 0 Å². The Morgan fingerprint density at radius 2 is 1.79 bits per heavy atom. The predicted molar refractivity (Wildman–Crippen MR) is 113 cm³/mol. The molecule has 1 aromatic carbocycles. The molecule has 1 saturated heterocycles. The lowest BCUT2D eigenvalue weighted by Gasteiger charge is -2.34. The number of nitrogens with zero attached hydrogens (tertiary/aromatic N) is 2. The molecule has 0 saturated carbocycles. The number of para-hydroxylation sites is 2. The second-order valence-corrected chi connectivity index (χ2v) is 7.92. The first-order chi connectivity index (χ1) is 13.8. The Kier molecular flexibility index (Phi) is 8.18. The highest BCUT2D eigenvalue weighted by Crippen LogP contribution is 2.26. The fourth-order valence-electron chi connectivity index (χ4n) is 3.35. The van der Waals surface area contributed by atoms with Gasteiger partial charge in [-0.1, -0.05) is 18.2 Å². The molecule has 28 heavy (non-hydrogen) atoms. The van der Waals surface area contributed by atoms with Crippen molar-refractivity contribution in [3.63, 3.8) is 0 Å². The minimum Gasteiger partial charge on any atom is -0.490 e. The zero-order valence-electron chi connectivity index (χ0n) is 16.6. The fraction of sp³-hybridized carbons (Fsp3) is 0.500. The molecule has 1 aliphatic heterocycles. The van der Waals surface area contributed by atoms with E-state index >= 15 is 0 Å². The van der Waals surface area contributed by atoms with Crippen molar-refractivity contribution in [3.8, 4) is 11.5 Å². The summed E-state index contributed by atoms with van der Waals surface area (Å²) in [5, 5.41) is 2.13. The molecule has 152 valence electrons. The smallest absolute Gasteiger partial charge is 0.222 e. The number of carbonyl (C=O) groups excluding carboxylic acids is 1. The second kappa shape index (κ2) is 11.1.